The molecule has 2 N–H and O–H groups in total. The van der Waals surface area contributed by atoms with E-state index in [1.54, 1.807) is 0 Å². The summed E-state index contributed by atoms with van der Waals surface area (Å²) in [5, 5.41) is 1.11. The van der Waals surface area contributed by atoms with Crippen molar-refractivity contribution in [2.45, 2.75) is 27.7 Å². The fraction of sp³-hybridized carbons (Fsp3) is 0.417. The summed E-state index contributed by atoms with van der Waals surface area (Å²) in [6.45, 7) is 8.23. The molecule has 2 rings (SSSR count). The van der Waals surface area contributed by atoms with Gasteiger partial charge in [0.1, 0.15) is 5.65 Å². The highest BCUT2D eigenvalue weighted by atomic mass is 15.0. The number of rotatable bonds is 0. The van der Waals surface area contributed by atoms with Gasteiger partial charge in [0.05, 0.1) is 0 Å². The van der Waals surface area contributed by atoms with Crippen molar-refractivity contribution in [1.29, 1.82) is 0 Å². The molecule has 0 atom stereocenters. The van der Waals surface area contributed by atoms with Gasteiger partial charge in [-0.2, -0.15) is 0 Å². The summed E-state index contributed by atoms with van der Waals surface area (Å²) in [5.41, 5.74) is 12.6. The molecular weight excluding hydrogens is 186 g/mol. The van der Waals surface area contributed by atoms with E-state index < -0.39 is 0 Å². The monoisotopic (exact) mass is 203 g/mol. The highest BCUT2D eigenvalue weighted by Crippen LogP contribution is 2.30. The van der Waals surface area contributed by atoms with Crippen LogP contribution in [0, 0.1) is 27.7 Å². The zero-order valence-corrected chi connectivity index (χ0v) is 9.97. The Kier molecular flexibility index (Phi) is 2.00. The number of aryl methyl sites for hydroxylation is 3. The number of fused-ring (bicyclic) bond motifs is 1. The summed E-state index contributed by atoms with van der Waals surface area (Å²) in [6.07, 6.45) is 0. The predicted octanol–water partition coefficient (Wildman–Crippen LogP) is 2.39. The van der Waals surface area contributed by atoms with E-state index in [9.17, 15) is 0 Å². The Balaban J connectivity index is 3.06. The zero-order valence-electron chi connectivity index (χ0n) is 9.97. The molecule has 0 aliphatic rings. The van der Waals surface area contributed by atoms with Crippen LogP contribution in [0.1, 0.15) is 22.5 Å². The topological polar surface area (TPSA) is 43.8 Å². The Hall–Kier alpha value is -1.51. The molecule has 2 aromatic heterocycles. The van der Waals surface area contributed by atoms with Gasteiger partial charge in [0.15, 0.2) is 0 Å². The summed E-state index contributed by atoms with van der Waals surface area (Å²) in [7, 11) is 2.03. The quantitative estimate of drug-likeness (QED) is 0.714. The number of nitrogens with two attached hydrogens (primary N) is 1. The molecule has 80 valence electrons. The van der Waals surface area contributed by atoms with Crippen molar-refractivity contribution >= 4 is 16.7 Å². The minimum atomic E-state index is 0.874. The van der Waals surface area contributed by atoms with Gasteiger partial charge in [-0.1, -0.05) is 0 Å². The van der Waals surface area contributed by atoms with Crippen LogP contribution in [0.3, 0.4) is 0 Å². The van der Waals surface area contributed by atoms with Crippen molar-refractivity contribution < 1.29 is 0 Å². The molecular formula is C12H17N3. The van der Waals surface area contributed by atoms with Crippen LogP contribution in [0.5, 0.6) is 0 Å². The van der Waals surface area contributed by atoms with Crippen molar-refractivity contribution in [3.8, 4) is 0 Å². The first kappa shape index (κ1) is 10.0. The van der Waals surface area contributed by atoms with E-state index in [0.717, 1.165) is 28.0 Å². The van der Waals surface area contributed by atoms with Gasteiger partial charge in [0.2, 0.25) is 0 Å². The largest absolute Gasteiger partial charge is 0.398 e. The number of aromatic nitrogens is 2. The van der Waals surface area contributed by atoms with E-state index in [-0.39, 0.29) is 0 Å². The highest BCUT2D eigenvalue weighted by Gasteiger charge is 2.14. The number of hydrogen-bond donors (Lipinski definition) is 1. The van der Waals surface area contributed by atoms with Crippen LogP contribution in [0.2, 0.25) is 0 Å². The molecule has 0 aromatic carbocycles. The average Bonchev–Trinajstić information content (AvgIpc) is 2.40. The van der Waals surface area contributed by atoms with Crippen molar-refractivity contribution in [3.63, 3.8) is 0 Å². The lowest BCUT2D eigenvalue weighted by Crippen LogP contribution is -1.99. The molecule has 2 aromatic rings. The standard InChI is InChI=1S/C12H17N3/c1-6-8(3)14-12-10(11(6)13)7(2)9(4)15(12)5/h1-5H3,(H2,13,14). The Morgan fingerprint density at radius 1 is 1.07 bits per heavy atom. The fourth-order valence-corrected chi connectivity index (χ4v) is 2.01. The molecule has 0 unspecified atom stereocenters. The van der Waals surface area contributed by atoms with Crippen LogP contribution in [0.15, 0.2) is 0 Å². The third-order valence-electron chi connectivity index (χ3n) is 3.45. The Bertz CT molecular complexity index is 550. The predicted molar refractivity (Wildman–Crippen MR) is 64.1 cm³/mol. The summed E-state index contributed by atoms with van der Waals surface area (Å²) < 4.78 is 2.10. The third-order valence-corrected chi connectivity index (χ3v) is 3.45. The molecule has 0 radical (unpaired) electrons. The summed E-state index contributed by atoms with van der Waals surface area (Å²) in [4.78, 5) is 4.60. The van der Waals surface area contributed by atoms with E-state index >= 15 is 0 Å². The first-order chi connectivity index (χ1) is 6.95. The molecule has 0 aliphatic heterocycles. The van der Waals surface area contributed by atoms with Crippen molar-refractivity contribution in [2.24, 2.45) is 7.05 Å². The smallest absolute Gasteiger partial charge is 0.142 e. The van der Waals surface area contributed by atoms with E-state index in [1.165, 1.54) is 11.3 Å². The first-order valence-electron chi connectivity index (χ1n) is 5.13. The molecule has 0 bridgehead atoms. The Morgan fingerprint density at radius 3 is 2.27 bits per heavy atom. The van der Waals surface area contributed by atoms with Crippen molar-refractivity contribution in [3.05, 3.63) is 22.5 Å². The van der Waals surface area contributed by atoms with Crippen LogP contribution in [-0.2, 0) is 7.05 Å². The van der Waals surface area contributed by atoms with E-state index in [0.29, 0.717) is 0 Å². The van der Waals surface area contributed by atoms with Gasteiger partial charge in [-0.25, -0.2) is 4.98 Å². The van der Waals surface area contributed by atoms with E-state index in [1.807, 2.05) is 20.9 Å². The molecule has 3 heteroatoms. The number of pyridine rings is 1. The number of anilines is 1. The van der Waals surface area contributed by atoms with Crippen LogP contribution in [-0.4, -0.2) is 9.55 Å². The van der Waals surface area contributed by atoms with Gasteiger partial charge in [0, 0.05) is 29.5 Å². The van der Waals surface area contributed by atoms with Gasteiger partial charge >= 0.3 is 0 Å². The molecule has 0 saturated carbocycles. The Labute approximate surface area is 89.9 Å². The molecule has 15 heavy (non-hydrogen) atoms. The normalized spacial score (nSPS) is 11.3. The summed E-state index contributed by atoms with van der Waals surface area (Å²) in [6, 6.07) is 0. The van der Waals surface area contributed by atoms with Gasteiger partial charge in [-0.05, 0) is 38.8 Å². The second-order valence-electron chi connectivity index (χ2n) is 4.20. The number of nitrogen functional groups attached to an aromatic ring is 1. The first-order valence-corrected chi connectivity index (χ1v) is 5.13. The highest BCUT2D eigenvalue weighted by molar-refractivity contribution is 5.94. The number of nitrogens with zero attached hydrogens (tertiary/aromatic N) is 2. The maximum absolute atomic E-state index is 6.15. The molecule has 3 nitrogen and oxygen atoms in total. The molecule has 0 spiro atoms. The van der Waals surface area contributed by atoms with E-state index in [4.69, 9.17) is 5.73 Å². The lowest BCUT2D eigenvalue weighted by atomic mass is 10.1. The molecule has 0 fully saturated rings. The van der Waals surface area contributed by atoms with Crippen molar-refractivity contribution in [2.75, 3.05) is 5.73 Å². The average molecular weight is 203 g/mol. The van der Waals surface area contributed by atoms with Crippen LogP contribution in [0.25, 0.3) is 11.0 Å². The lowest BCUT2D eigenvalue weighted by molar-refractivity contribution is 0.891. The maximum Gasteiger partial charge on any atom is 0.142 e. The van der Waals surface area contributed by atoms with Crippen LogP contribution in [0.4, 0.5) is 5.69 Å². The summed E-state index contributed by atoms with van der Waals surface area (Å²) in [5.74, 6) is 0. The lowest BCUT2D eigenvalue weighted by Gasteiger charge is -2.06. The van der Waals surface area contributed by atoms with E-state index in [2.05, 4.69) is 23.4 Å². The van der Waals surface area contributed by atoms with Gasteiger partial charge in [-0.3, -0.25) is 0 Å². The van der Waals surface area contributed by atoms with Crippen molar-refractivity contribution in [1.82, 2.24) is 9.55 Å². The van der Waals surface area contributed by atoms with Gasteiger partial charge in [-0.15, -0.1) is 0 Å². The zero-order chi connectivity index (χ0) is 11.3. The second kappa shape index (κ2) is 2.99. The molecule has 0 amide bonds. The summed E-state index contributed by atoms with van der Waals surface area (Å²) >= 11 is 0. The SMILES string of the molecule is Cc1nc2c(c(C)c(C)n2C)c(N)c1C. The van der Waals surface area contributed by atoms with Gasteiger partial charge in [0.25, 0.3) is 0 Å². The number of hydrogen-bond acceptors (Lipinski definition) is 2. The third kappa shape index (κ3) is 1.16. The van der Waals surface area contributed by atoms with Crippen LogP contribution < -0.4 is 5.73 Å². The molecule has 0 saturated heterocycles. The Morgan fingerprint density at radius 2 is 1.67 bits per heavy atom. The van der Waals surface area contributed by atoms with Crippen LogP contribution >= 0.6 is 0 Å². The fourth-order valence-electron chi connectivity index (χ4n) is 2.01. The maximum atomic E-state index is 6.15. The minimum Gasteiger partial charge on any atom is -0.398 e. The molecule has 0 aliphatic carbocycles. The van der Waals surface area contributed by atoms with Gasteiger partial charge < -0.3 is 10.3 Å². The second-order valence-corrected chi connectivity index (χ2v) is 4.20. The molecule has 2 heterocycles. The minimum absolute atomic E-state index is 0.874.